The topological polar surface area (TPSA) is 71.1 Å². The maximum atomic E-state index is 12.6. The van der Waals surface area contributed by atoms with Gasteiger partial charge in [-0.05, 0) is 6.42 Å². The molecule has 2 rings (SSSR count). The SMILES string of the molecule is CCC1CN(S(=O)(=O)CC2CNCCO2)CCN1CCOC. The molecule has 8 heteroatoms. The van der Waals surface area contributed by atoms with Crippen LogP contribution in [0.2, 0.25) is 0 Å². The third-order valence-electron chi connectivity index (χ3n) is 4.42. The molecule has 2 heterocycles. The second-order valence-electron chi connectivity index (χ2n) is 5.92. The molecule has 2 saturated heterocycles. The summed E-state index contributed by atoms with van der Waals surface area (Å²) < 4.78 is 37.5. The third-order valence-corrected chi connectivity index (χ3v) is 6.33. The summed E-state index contributed by atoms with van der Waals surface area (Å²) in [5.41, 5.74) is 0. The summed E-state index contributed by atoms with van der Waals surface area (Å²) in [7, 11) is -1.57. The van der Waals surface area contributed by atoms with Gasteiger partial charge >= 0.3 is 0 Å². The Bertz CT molecular complexity index is 426. The van der Waals surface area contributed by atoms with Gasteiger partial charge in [0.2, 0.25) is 10.0 Å². The molecule has 0 amide bonds. The van der Waals surface area contributed by atoms with Gasteiger partial charge in [-0.2, -0.15) is 4.31 Å². The van der Waals surface area contributed by atoms with Crippen molar-refractivity contribution in [2.45, 2.75) is 25.5 Å². The summed E-state index contributed by atoms with van der Waals surface area (Å²) in [5, 5.41) is 3.18. The van der Waals surface area contributed by atoms with Crippen LogP contribution in [0.3, 0.4) is 0 Å². The van der Waals surface area contributed by atoms with E-state index in [1.165, 1.54) is 0 Å². The molecule has 2 aliphatic heterocycles. The van der Waals surface area contributed by atoms with E-state index in [1.54, 1.807) is 11.4 Å². The van der Waals surface area contributed by atoms with Gasteiger partial charge in [0.05, 0.1) is 25.1 Å². The van der Waals surface area contributed by atoms with Crippen LogP contribution in [0.25, 0.3) is 0 Å². The van der Waals surface area contributed by atoms with E-state index >= 15 is 0 Å². The van der Waals surface area contributed by atoms with Gasteiger partial charge in [0.15, 0.2) is 0 Å². The molecule has 0 radical (unpaired) electrons. The van der Waals surface area contributed by atoms with Gasteiger partial charge in [-0.15, -0.1) is 0 Å². The Balaban J connectivity index is 1.91. The van der Waals surface area contributed by atoms with E-state index < -0.39 is 10.0 Å². The monoisotopic (exact) mass is 335 g/mol. The number of ether oxygens (including phenoxy) is 2. The molecule has 7 nitrogen and oxygen atoms in total. The van der Waals surface area contributed by atoms with Crippen molar-refractivity contribution in [3.63, 3.8) is 0 Å². The maximum absolute atomic E-state index is 12.6. The van der Waals surface area contributed by atoms with Crippen molar-refractivity contribution in [1.82, 2.24) is 14.5 Å². The molecule has 1 N–H and O–H groups in total. The van der Waals surface area contributed by atoms with E-state index in [2.05, 4.69) is 17.1 Å². The molecule has 0 bridgehead atoms. The highest BCUT2D eigenvalue weighted by molar-refractivity contribution is 7.89. The first-order chi connectivity index (χ1) is 10.6. The van der Waals surface area contributed by atoms with Crippen LogP contribution < -0.4 is 5.32 Å². The van der Waals surface area contributed by atoms with Crippen molar-refractivity contribution < 1.29 is 17.9 Å². The normalized spacial score (nSPS) is 28.8. The Morgan fingerprint density at radius 2 is 2.18 bits per heavy atom. The standard InChI is InChI=1S/C14H29N3O4S/c1-3-13-11-17(6-5-16(13)7-9-20-2)22(18,19)12-14-10-15-4-8-21-14/h13-15H,3-12H2,1-2H3. The lowest BCUT2D eigenvalue weighted by Gasteiger charge is -2.40. The molecule has 0 spiro atoms. The number of morpholine rings is 1. The predicted octanol–water partition coefficient (Wildman–Crippen LogP) is -0.653. The summed E-state index contributed by atoms with van der Waals surface area (Å²) in [5.74, 6) is 0.0779. The van der Waals surface area contributed by atoms with Crippen LogP contribution in [0.15, 0.2) is 0 Å². The number of rotatable bonds is 7. The van der Waals surface area contributed by atoms with Crippen LogP contribution in [0.1, 0.15) is 13.3 Å². The van der Waals surface area contributed by atoms with Crippen molar-refractivity contribution in [2.24, 2.45) is 0 Å². The second-order valence-corrected chi connectivity index (χ2v) is 7.94. The number of sulfonamides is 1. The summed E-state index contributed by atoms with van der Waals surface area (Å²) >= 11 is 0. The summed E-state index contributed by atoms with van der Waals surface area (Å²) in [4.78, 5) is 2.33. The van der Waals surface area contributed by atoms with Crippen molar-refractivity contribution >= 4 is 10.0 Å². The van der Waals surface area contributed by atoms with Crippen LogP contribution in [0, 0.1) is 0 Å². The molecule has 0 aromatic carbocycles. The molecular weight excluding hydrogens is 306 g/mol. The predicted molar refractivity (Wildman–Crippen MR) is 85.5 cm³/mol. The van der Waals surface area contributed by atoms with Crippen LogP contribution in [-0.4, -0.2) is 95.1 Å². The zero-order chi connectivity index (χ0) is 16.0. The van der Waals surface area contributed by atoms with Crippen molar-refractivity contribution in [2.75, 3.05) is 65.3 Å². The minimum Gasteiger partial charge on any atom is -0.383 e. The highest BCUT2D eigenvalue weighted by Crippen LogP contribution is 2.17. The van der Waals surface area contributed by atoms with Crippen LogP contribution in [-0.2, 0) is 19.5 Å². The van der Waals surface area contributed by atoms with Gasteiger partial charge in [0.25, 0.3) is 0 Å². The van der Waals surface area contributed by atoms with Gasteiger partial charge < -0.3 is 14.8 Å². The third kappa shape index (κ3) is 4.87. The molecule has 22 heavy (non-hydrogen) atoms. The lowest BCUT2D eigenvalue weighted by Crippen LogP contribution is -2.56. The fourth-order valence-electron chi connectivity index (χ4n) is 3.07. The zero-order valence-corrected chi connectivity index (χ0v) is 14.5. The Labute approximate surface area is 134 Å². The van der Waals surface area contributed by atoms with Gasteiger partial charge in [0, 0.05) is 52.4 Å². The minimum absolute atomic E-state index is 0.0779. The van der Waals surface area contributed by atoms with Crippen LogP contribution >= 0.6 is 0 Å². The van der Waals surface area contributed by atoms with Crippen molar-refractivity contribution in [1.29, 1.82) is 0 Å². The highest BCUT2D eigenvalue weighted by Gasteiger charge is 2.34. The average Bonchev–Trinajstić information content (AvgIpc) is 2.53. The van der Waals surface area contributed by atoms with E-state index in [9.17, 15) is 8.42 Å². The Morgan fingerprint density at radius 3 is 2.82 bits per heavy atom. The molecule has 0 aromatic heterocycles. The molecule has 2 fully saturated rings. The summed E-state index contributed by atoms with van der Waals surface area (Å²) in [6.07, 6.45) is 0.711. The van der Waals surface area contributed by atoms with Crippen LogP contribution in [0.4, 0.5) is 0 Å². The van der Waals surface area contributed by atoms with E-state index in [0.29, 0.717) is 32.8 Å². The second kappa shape index (κ2) is 8.56. The van der Waals surface area contributed by atoms with E-state index in [0.717, 1.165) is 26.1 Å². The number of hydrogen-bond acceptors (Lipinski definition) is 6. The number of methoxy groups -OCH3 is 1. The average molecular weight is 335 g/mol. The molecular formula is C14H29N3O4S. The fraction of sp³-hybridized carbons (Fsp3) is 1.00. The summed E-state index contributed by atoms with van der Waals surface area (Å²) in [6.45, 7) is 7.55. The molecule has 2 atom stereocenters. The Kier molecular flexibility index (Phi) is 7.04. The molecule has 130 valence electrons. The largest absolute Gasteiger partial charge is 0.383 e. The lowest BCUT2D eigenvalue weighted by molar-refractivity contribution is 0.0411. The highest BCUT2D eigenvalue weighted by atomic mass is 32.2. The smallest absolute Gasteiger partial charge is 0.216 e. The van der Waals surface area contributed by atoms with Gasteiger partial charge in [-0.3, -0.25) is 4.90 Å². The number of piperazine rings is 1. The lowest BCUT2D eigenvalue weighted by atomic mass is 10.1. The van der Waals surface area contributed by atoms with Gasteiger partial charge in [-0.25, -0.2) is 8.42 Å². The molecule has 2 aliphatic rings. The zero-order valence-electron chi connectivity index (χ0n) is 13.7. The van der Waals surface area contributed by atoms with Crippen LogP contribution in [0.5, 0.6) is 0 Å². The quantitative estimate of drug-likeness (QED) is 0.666. The van der Waals surface area contributed by atoms with Gasteiger partial charge in [0.1, 0.15) is 0 Å². The maximum Gasteiger partial charge on any atom is 0.216 e. The first kappa shape index (κ1) is 18.1. The summed E-state index contributed by atoms with van der Waals surface area (Å²) in [6, 6.07) is 0.268. The molecule has 0 aromatic rings. The Morgan fingerprint density at radius 1 is 1.36 bits per heavy atom. The van der Waals surface area contributed by atoms with E-state index in [-0.39, 0.29) is 17.9 Å². The fourth-order valence-corrected chi connectivity index (χ4v) is 4.73. The molecule has 0 aliphatic carbocycles. The molecule has 0 saturated carbocycles. The number of nitrogens with one attached hydrogen (secondary N) is 1. The van der Waals surface area contributed by atoms with Crippen molar-refractivity contribution in [3.05, 3.63) is 0 Å². The first-order valence-corrected chi connectivity index (χ1v) is 9.71. The van der Waals surface area contributed by atoms with E-state index in [1.807, 2.05) is 0 Å². The van der Waals surface area contributed by atoms with E-state index in [4.69, 9.17) is 9.47 Å². The molecule has 2 unspecified atom stereocenters. The number of nitrogens with zero attached hydrogens (tertiary/aromatic N) is 2. The van der Waals surface area contributed by atoms with Gasteiger partial charge in [-0.1, -0.05) is 6.92 Å². The minimum atomic E-state index is -3.26. The first-order valence-electron chi connectivity index (χ1n) is 8.10. The van der Waals surface area contributed by atoms with Crippen molar-refractivity contribution in [3.8, 4) is 0 Å². The number of hydrogen-bond donors (Lipinski definition) is 1. The Hall–Kier alpha value is -0.250.